The molecule has 0 N–H and O–H groups in total. The van der Waals surface area contributed by atoms with Crippen LogP contribution in [-0.4, -0.2) is 18.4 Å². The minimum atomic E-state index is 0.0394. The molecule has 1 fully saturated rings. The second kappa shape index (κ2) is 13.9. The first-order valence-electron chi connectivity index (χ1n) is 16.6. The first kappa shape index (κ1) is 30.3. The lowest BCUT2D eigenvalue weighted by Gasteiger charge is -2.39. The first-order valence-corrected chi connectivity index (χ1v) is 16.6. The molecule has 3 nitrogen and oxygen atoms in total. The maximum absolute atomic E-state index is 5.06. The van der Waals surface area contributed by atoms with Crippen LogP contribution < -0.4 is 0 Å². The molecule has 0 bridgehead atoms. The molecule has 0 amide bonds. The van der Waals surface area contributed by atoms with Gasteiger partial charge in [0.05, 0.1) is 6.54 Å². The van der Waals surface area contributed by atoms with Crippen molar-refractivity contribution in [3.8, 4) is 11.1 Å². The Kier molecular flexibility index (Phi) is 8.96. The Bertz CT molecular complexity index is 2010. The predicted octanol–water partition coefficient (Wildman–Crippen LogP) is 10.9. The Labute approximate surface area is 278 Å². The van der Waals surface area contributed by atoms with Crippen molar-refractivity contribution >= 4 is 29.2 Å². The second-order valence-electron chi connectivity index (χ2n) is 12.4. The van der Waals surface area contributed by atoms with Gasteiger partial charge in [-0.1, -0.05) is 171 Å². The third-order valence-corrected chi connectivity index (χ3v) is 9.59. The van der Waals surface area contributed by atoms with Gasteiger partial charge < -0.3 is 0 Å². The van der Waals surface area contributed by atoms with Gasteiger partial charge in [0.2, 0.25) is 0 Å². The van der Waals surface area contributed by atoms with Crippen molar-refractivity contribution in [2.45, 2.75) is 44.1 Å². The summed E-state index contributed by atoms with van der Waals surface area (Å²) >= 11 is 0. The van der Waals surface area contributed by atoms with Crippen LogP contribution in [0.3, 0.4) is 0 Å². The summed E-state index contributed by atoms with van der Waals surface area (Å²) in [6.07, 6.45) is 6.16. The topological polar surface area (TPSA) is 37.1 Å². The fraction of sp³-hybridized carbons (Fsp3) is 0.159. The molecule has 0 atom stereocenters. The number of aliphatic imine (C=N–C) groups is 3. The van der Waals surface area contributed by atoms with Crippen molar-refractivity contribution in [1.82, 2.24) is 0 Å². The van der Waals surface area contributed by atoms with Crippen molar-refractivity contribution in [3.63, 3.8) is 0 Å². The fourth-order valence-electron chi connectivity index (χ4n) is 7.09. The Morgan fingerprint density at radius 1 is 0.553 bits per heavy atom. The number of rotatable bonds is 7. The van der Waals surface area contributed by atoms with Crippen LogP contribution in [0.2, 0.25) is 0 Å². The monoisotopic (exact) mass is 609 g/mol. The number of amidine groups is 2. The third kappa shape index (κ3) is 6.48. The lowest BCUT2D eigenvalue weighted by molar-refractivity contribution is 0.346. The smallest absolute Gasteiger partial charge is 0.161 e. The molecule has 7 rings (SSSR count). The van der Waals surface area contributed by atoms with Gasteiger partial charge in [-0.15, -0.1) is 0 Å². The molecule has 6 aromatic rings. The maximum Gasteiger partial charge on any atom is 0.161 e. The van der Waals surface area contributed by atoms with E-state index in [1.54, 1.807) is 0 Å². The van der Waals surface area contributed by atoms with Gasteiger partial charge in [-0.05, 0) is 58.1 Å². The van der Waals surface area contributed by atoms with E-state index in [0.29, 0.717) is 18.2 Å². The van der Waals surface area contributed by atoms with E-state index in [1.807, 2.05) is 54.6 Å². The standard InChI is InChI=1S/C44H39N3/c1-45-43(41-21-13-19-36-16-9-10-20-40(36)41)47-42(37-17-7-3-8-18-37)46-32-33-22-26-38(27-23-33)44(30-11-4-12-31-44)39-28-24-35(25-29-39)34-14-5-2-6-15-34/h2-3,5-10,13-29H,1,4,11-12,30-32H2. The van der Waals surface area contributed by atoms with E-state index >= 15 is 0 Å². The molecule has 0 heterocycles. The average Bonchev–Trinajstić information content (AvgIpc) is 3.16. The van der Waals surface area contributed by atoms with Crippen LogP contribution in [-0.2, 0) is 12.0 Å². The average molecular weight is 610 g/mol. The van der Waals surface area contributed by atoms with E-state index in [0.717, 1.165) is 27.5 Å². The van der Waals surface area contributed by atoms with E-state index in [4.69, 9.17) is 9.98 Å². The van der Waals surface area contributed by atoms with Crippen LogP contribution in [0.25, 0.3) is 21.9 Å². The van der Waals surface area contributed by atoms with Gasteiger partial charge in [0, 0.05) is 16.5 Å². The van der Waals surface area contributed by atoms with Gasteiger partial charge in [-0.3, -0.25) is 4.99 Å². The maximum atomic E-state index is 5.06. The zero-order valence-electron chi connectivity index (χ0n) is 26.7. The Hall–Kier alpha value is -5.41. The normalized spacial score (nSPS) is 15.0. The second-order valence-corrected chi connectivity index (χ2v) is 12.4. The Morgan fingerprint density at radius 3 is 1.85 bits per heavy atom. The summed E-state index contributed by atoms with van der Waals surface area (Å²) in [7, 11) is 0. The largest absolute Gasteiger partial charge is 0.261 e. The van der Waals surface area contributed by atoms with Gasteiger partial charge >= 0.3 is 0 Å². The molecule has 0 unspecified atom stereocenters. The van der Waals surface area contributed by atoms with E-state index in [-0.39, 0.29) is 5.41 Å². The molecule has 6 aromatic carbocycles. The van der Waals surface area contributed by atoms with Crippen LogP contribution >= 0.6 is 0 Å². The van der Waals surface area contributed by atoms with Gasteiger partial charge in [0.1, 0.15) is 0 Å². The molecule has 47 heavy (non-hydrogen) atoms. The number of nitrogens with zero attached hydrogens (tertiary/aromatic N) is 3. The molecule has 0 aromatic heterocycles. The zero-order valence-corrected chi connectivity index (χ0v) is 26.7. The predicted molar refractivity (Wildman–Crippen MR) is 199 cm³/mol. The summed E-state index contributed by atoms with van der Waals surface area (Å²) < 4.78 is 0. The summed E-state index contributed by atoms with van der Waals surface area (Å²) in [6.45, 7) is 4.40. The van der Waals surface area contributed by atoms with E-state index in [9.17, 15) is 0 Å². The zero-order chi connectivity index (χ0) is 31.9. The number of hydrogen-bond donors (Lipinski definition) is 0. The molecule has 230 valence electrons. The van der Waals surface area contributed by atoms with E-state index < -0.39 is 0 Å². The van der Waals surface area contributed by atoms with Crippen molar-refractivity contribution in [2.24, 2.45) is 15.0 Å². The van der Waals surface area contributed by atoms with Crippen molar-refractivity contribution in [1.29, 1.82) is 0 Å². The van der Waals surface area contributed by atoms with Crippen molar-refractivity contribution < 1.29 is 0 Å². The molecule has 1 aliphatic carbocycles. The van der Waals surface area contributed by atoms with Gasteiger partial charge in [0.25, 0.3) is 0 Å². The third-order valence-electron chi connectivity index (χ3n) is 9.59. The molecule has 3 heteroatoms. The molecule has 0 saturated heterocycles. The minimum absolute atomic E-state index is 0.0394. The highest BCUT2D eigenvalue weighted by Gasteiger charge is 2.35. The summed E-state index contributed by atoms with van der Waals surface area (Å²) in [6, 6.07) is 53.7. The van der Waals surface area contributed by atoms with Crippen LogP contribution in [0.1, 0.15) is 59.9 Å². The molecule has 1 aliphatic rings. The number of hydrogen-bond acceptors (Lipinski definition) is 1. The number of benzene rings is 6. The van der Waals surface area contributed by atoms with E-state index in [1.165, 1.54) is 54.4 Å². The van der Waals surface area contributed by atoms with Crippen LogP contribution in [0.5, 0.6) is 0 Å². The van der Waals surface area contributed by atoms with E-state index in [2.05, 4.69) is 109 Å². The Balaban J connectivity index is 1.19. The lowest BCUT2D eigenvalue weighted by Crippen LogP contribution is -2.30. The minimum Gasteiger partial charge on any atom is -0.261 e. The Morgan fingerprint density at radius 2 is 1.15 bits per heavy atom. The molecular formula is C44H39N3. The van der Waals surface area contributed by atoms with Crippen molar-refractivity contribution in [3.05, 3.63) is 179 Å². The first-order chi connectivity index (χ1) is 23.2. The molecule has 0 spiro atoms. The van der Waals surface area contributed by atoms with Crippen LogP contribution in [0, 0.1) is 0 Å². The molecule has 1 saturated carbocycles. The quantitative estimate of drug-likeness (QED) is 0.128. The highest BCUT2D eigenvalue weighted by atomic mass is 15.0. The fourth-order valence-corrected chi connectivity index (χ4v) is 7.09. The summed E-state index contributed by atoms with van der Waals surface area (Å²) in [5.74, 6) is 1.21. The highest BCUT2D eigenvalue weighted by Crippen LogP contribution is 2.45. The molecular weight excluding hydrogens is 571 g/mol. The lowest BCUT2D eigenvalue weighted by atomic mass is 9.65. The highest BCUT2D eigenvalue weighted by molar-refractivity contribution is 6.17. The summed E-state index contributed by atoms with van der Waals surface area (Å²) in [4.78, 5) is 14.4. The summed E-state index contributed by atoms with van der Waals surface area (Å²) in [5.41, 5.74) is 8.42. The SMILES string of the molecule is C=NC(=NC(=NCc1ccc(C2(c3ccc(-c4ccccc4)cc3)CCCCC2)cc1)c1ccccc1)c1cccc2ccccc12. The van der Waals surface area contributed by atoms with Crippen LogP contribution in [0.4, 0.5) is 0 Å². The number of fused-ring (bicyclic) bond motifs is 1. The van der Waals surface area contributed by atoms with Crippen LogP contribution in [0.15, 0.2) is 167 Å². The van der Waals surface area contributed by atoms with Gasteiger partial charge in [-0.25, -0.2) is 9.98 Å². The van der Waals surface area contributed by atoms with Gasteiger partial charge in [-0.2, -0.15) is 0 Å². The summed E-state index contributed by atoms with van der Waals surface area (Å²) in [5, 5.41) is 2.23. The van der Waals surface area contributed by atoms with Gasteiger partial charge in [0.15, 0.2) is 11.7 Å². The van der Waals surface area contributed by atoms with Crippen molar-refractivity contribution in [2.75, 3.05) is 0 Å². The molecule has 0 aliphatic heterocycles. The molecule has 0 radical (unpaired) electrons.